The van der Waals surface area contributed by atoms with Gasteiger partial charge in [-0.05, 0) is 48.2 Å². The smallest absolute Gasteiger partial charge is 0.404 e. The van der Waals surface area contributed by atoms with Gasteiger partial charge in [0.15, 0.2) is 0 Å². The second kappa shape index (κ2) is 18.5. The van der Waals surface area contributed by atoms with E-state index < -0.39 is 39.3 Å². The Bertz CT molecular complexity index is 1530. The van der Waals surface area contributed by atoms with Crippen molar-refractivity contribution in [3.05, 3.63) is 59.7 Å². The molecule has 0 aromatic heterocycles. The number of hydrogen-bond acceptors (Lipinski definition) is 11. The molecule has 50 heavy (non-hydrogen) atoms. The fourth-order valence-corrected chi connectivity index (χ4v) is 5.47. The Morgan fingerprint density at radius 2 is 1.24 bits per heavy atom. The zero-order valence-electron chi connectivity index (χ0n) is 26.7. The number of nitrogens with zero attached hydrogens (tertiary/aromatic N) is 2. The van der Waals surface area contributed by atoms with Crippen LogP contribution in [0.3, 0.4) is 0 Å². The largest absolute Gasteiger partial charge is 0.524 e. The van der Waals surface area contributed by atoms with Gasteiger partial charge < -0.3 is 24.1 Å². The zero-order chi connectivity index (χ0) is 36.9. The highest BCUT2D eigenvalue weighted by atomic mass is 31.2. The molecule has 20 heteroatoms. The number of amides is 4. The lowest BCUT2D eigenvalue weighted by atomic mass is 10.1. The highest BCUT2D eigenvalue weighted by molar-refractivity contribution is 7.47. The van der Waals surface area contributed by atoms with Crippen LogP contribution in [0.2, 0.25) is 0 Å². The number of benzene rings is 2. The van der Waals surface area contributed by atoms with Gasteiger partial charge in [-0.2, -0.15) is 0 Å². The standard InChI is InChI=1S/C30H37N3O15P2/c34-23(19-21-6-10-24(11-7-21)47-49(40,41)42)3-2-17-32(27(36)4-1-5-30(39)46-33-28(37)14-15-29(33)38)18-16-31-26(35)20-22-8-12-25(13-9-22)48-50(43,44)45/h6-13H,1-5,14-20H2,(H,31,35)(H2,40,41,42)(H2,43,44,45). The lowest BCUT2D eigenvalue weighted by molar-refractivity contribution is -0.197. The third-order valence-electron chi connectivity index (χ3n) is 6.97. The Morgan fingerprint density at radius 1 is 0.720 bits per heavy atom. The van der Waals surface area contributed by atoms with Crippen molar-refractivity contribution in [1.29, 1.82) is 0 Å². The van der Waals surface area contributed by atoms with Gasteiger partial charge in [0.25, 0.3) is 11.8 Å². The summed E-state index contributed by atoms with van der Waals surface area (Å²) in [4.78, 5) is 116. The van der Waals surface area contributed by atoms with E-state index in [1.807, 2.05) is 0 Å². The van der Waals surface area contributed by atoms with E-state index in [2.05, 4.69) is 14.4 Å². The quantitative estimate of drug-likeness (QED) is 0.0951. The molecule has 1 saturated heterocycles. The maximum atomic E-state index is 13.1. The van der Waals surface area contributed by atoms with Gasteiger partial charge in [0.2, 0.25) is 11.8 Å². The van der Waals surface area contributed by atoms with Crippen LogP contribution in [0.15, 0.2) is 48.5 Å². The minimum absolute atomic E-state index is 0.0245. The molecule has 0 atom stereocenters. The number of Topliss-reactive ketones (excluding diaryl/α,β-unsaturated/α-hetero) is 1. The molecule has 1 fully saturated rings. The Balaban J connectivity index is 1.50. The number of ketones is 1. The molecule has 1 aliphatic heterocycles. The van der Waals surface area contributed by atoms with Crippen molar-refractivity contribution in [3.8, 4) is 11.5 Å². The Kier molecular flexibility index (Phi) is 14.8. The minimum atomic E-state index is -4.73. The number of rotatable bonds is 20. The Hall–Kier alpha value is -4.44. The molecule has 0 bridgehead atoms. The van der Waals surface area contributed by atoms with Gasteiger partial charge in [0, 0.05) is 58.2 Å². The number of phosphoric ester groups is 2. The topological polar surface area (TPSA) is 264 Å². The van der Waals surface area contributed by atoms with Crippen molar-refractivity contribution in [2.24, 2.45) is 0 Å². The number of imide groups is 1. The fraction of sp³-hybridized carbons (Fsp3) is 0.400. The molecule has 4 amide bonds. The van der Waals surface area contributed by atoms with Crippen LogP contribution in [0.4, 0.5) is 0 Å². The van der Waals surface area contributed by atoms with Crippen molar-refractivity contribution in [1.82, 2.24) is 15.3 Å². The first-order chi connectivity index (χ1) is 23.5. The van der Waals surface area contributed by atoms with Crippen molar-refractivity contribution in [2.75, 3.05) is 19.6 Å². The lowest BCUT2D eigenvalue weighted by Crippen LogP contribution is -2.39. The second-order valence-electron chi connectivity index (χ2n) is 11.1. The van der Waals surface area contributed by atoms with Crippen LogP contribution in [0, 0.1) is 0 Å². The van der Waals surface area contributed by atoms with Crippen LogP contribution in [0.5, 0.6) is 11.5 Å². The molecule has 3 rings (SSSR count). The molecular formula is C30H37N3O15P2. The average Bonchev–Trinajstić information content (AvgIpc) is 3.33. The van der Waals surface area contributed by atoms with E-state index in [1.54, 1.807) is 0 Å². The first-order valence-corrected chi connectivity index (χ1v) is 18.3. The normalized spacial score (nSPS) is 13.2. The molecule has 0 unspecified atom stereocenters. The first kappa shape index (κ1) is 40.0. The van der Waals surface area contributed by atoms with E-state index in [0.29, 0.717) is 16.2 Å². The summed E-state index contributed by atoms with van der Waals surface area (Å²) in [7, 11) is -9.45. The molecule has 2 aromatic rings. The van der Waals surface area contributed by atoms with E-state index in [9.17, 15) is 37.9 Å². The summed E-state index contributed by atoms with van der Waals surface area (Å²) in [5.41, 5.74) is 1.11. The predicted octanol–water partition coefficient (Wildman–Crippen LogP) is 1.49. The van der Waals surface area contributed by atoms with Gasteiger partial charge >= 0.3 is 21.6 Å². The third kappa shape index (κ3) is 15.0. The summed E-state index contributed by atoms with van der Waals surface area (Å²) in [5, 5.41) is 3.11. The molecule has 272 valence electrons. The highest BCUT2D eigenvalue weighted by Crippen LogP contribution is 2.38. The molecule has 18 nitrogen and oxygen atoms in total. The van der Waals surface area contributed by atoms with Crippen LogP contribution in [0.25, 0.3) is 0 Å². The number of hydroxylamine groups is 2. The van der Waals surface area contributed by atoms with Crippen molar-refractivity contribution < 1.29 is 71.4 Å². The number of carbonyl (C=O) groups is 6. The van der Waals surface area contributed by atoms with Crippen LogP contribution in [-0.2, 0) is 55.6 Å². The Morgan fingerprint density at radius 3 is 1.76 bits per heavy atom. The molecule has 0 saturated carbocycles. The van der Waals surface area contributed by atoms with E-state index in [4.69, 9.17) is 24.4 Å². The second-order valence-corrected chi connectivity index (χ2v) is 13.4. The van der Waals surface area contributed by atoms with Crippen molar-refractivity contribution >= 4 is 51.0 Å². The van der Waals surface area contributed by atoms with E-state index in [1.165, 1.54) is 53.4 Å². The average molecular weight is 742 g/mol. The molecule has 5 N–H and O–H groups in total. The minimum Gasteiger partial charge on any atom is -0.404 e. The number of nitrogens with one attached hydrogen (secondary N) is 1. The zero-order valence-corrected chi connectivity index (χ0v) is 28.5. The maximum absolute atomic E-state index is 13.1. The van der Waals surface area contributed by atoms with Crippen LogP contribution in [0.1, 0.15) is 56.1 Å². The summed E-state index contributed by atoms with van der Waals surface area (Å²) in [5.74, 6) is -3.19. The third-order valence-corrected chi connectivity index (χ3v) is 7.87. The Labute approximate surface area is 286 Å². The lowest BCUT2D eigenvalue weighted by Gasteiger charge is -2.23. The van der Waals surface area contributed by atoms with Gasteiger partial charge in [-0.25, -0.2) is 13.9 Å². The summed E-state index contributed by atoms with van der Waals surface area (Å²) in [6, 6.07) is 11.2. The molecule has 2 aromatic carbocycles. The van der Waals surface area contributed by atoms with E-state index in [0.717, 1.165) is 0 Å². The van der Waals surface area contributed by atoms with Gasteiger partial charge in [0.1, 0.15) is 17.3 Å². The predicted molar refractivity (Wildman–Crippen MR) is 170 cm³/mol. The van der Waals surface area contributed by atoms with Crippen LogP contribution in [-0.4, -0.2) is 84.6 Å². The van der Waals surface area contributed by atoms with Crippen LogP contribution >= 0.6 is 15.6 Å². The summed E-state index contributed by atoms with van der Waals surface area (Å²) in [6.45, 7) is 0.246. The van der Waals surface area contributed by atoms with E-state index >= 15 is 0 Å². The molecular weight excluding hydrogens is 704 g/mol. The fourth-order valence-electron chi connectivity index (χ4n) is 4.68. The molecule has 1 aliphatic rings. The molecule has 1 heterocycles. The number of hydrogen-bond donors (Lipinski definition) is 5. The summed E-state index contributed by atoms with van der Waals surface area (Å²) >= 11 is 0. The van der Waals surface area contributed by atoms with Gasteiger partial charge in [-0.15, -0.1) is 5.06 Å². The first-order valence-electron chi connectivity index (χ1n) is 15.3. The van der Waals surface area contributed by atoms with Crippen molar-refractivity contribution in [2.45, 2.75) is 57.8 Å². The number of carbonyl (C=O) groups excluding carboxylic acids is 6. The van der Waals surface area contributed by atoms with Gasteiger partial charge in [-0.1, -0.05) is 24.3 Å². The van der Waals surface area contributed by atoms with Crippen molar-refractivity contribution in [3.63, 3.8) is 0 Å². The van der Waals surface area contributed by atoms with Gasteiger partial charge in [0.05, 0.1) is 6.42 Å². The highest BCUT2D eigenvalue weighted by Gasteiger charge is 2.32. The van der Waals surface area contributed by atoms with E-state index in [-0.39, 0.29) is 101 Å². The number of phosphoric acid groups is 2. The molecule has 0 radical (unpaired) electrons. The summed E-state index contributed by atoms with van der Waals surface area (Å²) in [6.07, 6.45) is -0.122. The maximum Gasteiger partial charge on any atom is 0.524 e. The van der Waals surface area contributed by atoms with Crippen LogP contribution < -0.4 is 14.4 Å². The molecule has 0 spiro atoms. The van der Waals surface area contributed by atoms with Gasteiger partial charge in [-0.3, -0.25) is 43.5 Å². The monoisotopic (exact) mass is 741 g/mol. The molecule has 0 aliphatic carbocycles. The SMILES string of the molecule is O=C(CCCN(CCNC(=O)Cc1ccc(OP(=O)(O)O)cc1)C(=O)CCCC(=O)ON1C(=O)CCC1=O)Cc1ccc(OP(=O)(O)O)cc1. The summed E-state index contributed by atoms with van der Waals surface area (Å²) < 4.78 is 30.9.